The molecule has 0 bridgehead atoms. The van der Waals surface area contributed by atoms with Crippen LogP contribution in [-0.4, -0.2) is 39.7 Å². The first-order chi connectivity index (χ1) is 15.2. The van der Waals surface area contributed by atoms with Crippen LogP contribution >= 0.6 is 0 Å². The van der Waals surface area contributed by atoms with Crippen molar-refractivity contribution in [1.29, 1.82) is 0 Å². The van der Waals surface area contributed by atoms with E-state index >= 15 is 0 Å². The lowest BCUT2D eigenvalue weighted by molar-refractivity contribution is -0.137. The fourth-order valence-electron chi connectivity index (χ4n) is 2.75. The fraction of sp³-hybridized carbons (Fsp3) is 0.300. The van der Waals surface area contributed by atoms with E-state index in [4.69, 9.17) is 0 Å². The maximum absolute atomic E-state index is 14.3. The molecule has 2 rings (SSSR count). The van der Waals surface area contributed by atoms with Crippen molar-refractivity contribution in [3.8, 4) is 0 Å². The molecule has 1 heterocycles. The molecule has 0 spiro atoms. The molecule has 0 saturated heterocycles. The molecule has 13 heteroatoms. The molecule has 1 aromatic carbocycles. The third kappa shape index (κ3) is 7.41. The number of carbonyl (C=O) groups excluding carboxylic acids is 1. The number of alkyl halides is 4. The topological polar surface area (TPSA) is 91.4 Å². The van der Waals surface area contributed by atoms with E-state index in [1.54, 1.807) is 25.1 Å². The van der Waals surface area contributed by atoms with Crippen LogP contribution in [0.1, 0.15) is 22.4 Å². The van der Waals surface area contributed by atoms with Crippen molar-refractivity contribution in [2.75, 3.05) is 30.0 Å². The zero-order valence-corrected chi connectivity index (χ0v) is 18.6. The number of nitrogens with one attached hydrogen (secondary N) is 2. The summed E-state index contributed by atoms with van der Waals surface area (Å²) in [6.45, 7) is -1.22. The van der Waals surface area contributed by atoms with Crippen molar-refractivity contribution in [2.24, 2.45) is 0 Å². The van der Waals surface area contributed by atoms with Crippen LogP contribution in [0, 0.1) is 5.82 Å². The maximum Gasteiger partial charge on any atom is 0.418 e. The first kappa shape index (κ1) is 26.0. The highest BCUT2D eigenvalue weighted by atomic mass is 32.2. The molecular formula is C20H21F5N4O3S. The predicted molar refractivity (Wildman–Crippen MR) is 114 cm³/mol. The van der Waals surface area contributed by atoms with Crippen molar-refractivity contribution in [1.82, 2.24) is 10.3 Å². The zero-order valence-electron chi connectivity index (χ0n) is 17.8. The number of pyridine rings is 1. The molecule has 2 aromatic rings. The summed E-state index contributed by atoms with van der Waals surface area (Å²) in [6.07, 6.45) is -1.97. The number of hydrogen-bond acceptors (Lipinski definition) is 5. The van der Waals surface area contributed by atoms with Gasteiger partial charge in [-0.15, -0.1) is 0 Å². The third-order valence-electron chi connectivity index (χ3n) is 4.15. The molecule has 0 saturated carbocycles. The van der Waals surface area contributed by atoms with Gasteiger partial charge in [0.25, 0.3) is 0 Å². The second kappa shape index (κ2) is 10.1. The smallest absolute Gasteiger partial charge is 0.362 e. The van der Waals surface area contributed by atoms with E-state index in [9.17, 15) is 35.2 Å². The molecule has 1 aromatic heterocycles. The molecule has 0 unspecified atom stereocenters. The Hall–Kier alpha value is -3.22. The first-order valence-corrected chi connectivity index (χ1v) is 11.2. The maximum atomic E-state index is 14.3. The second-order valence-electron chi connectivity index (χ2n) is 7.17. The van der Waals surface area contributed by atoms with Crippen molar-refractivity contribution >= 4 is 33.5 Å². The van der Waals surface area contributed by atoms with E-state index in [0.717, 1.165) is 6.08 Å². The number of benzene rings is 1. The minimum Gasteiger partial charge on any atom is -0.362 e. The van der Waals surface area contributed by atoms with Gasteiger partial charge in [0.05, 0.1) is 23.2 Å². The summed E-state index contributed by atoms with van der Waals surface area (Å²) >= 11 is 0. The van der Waals surface area contributed by atoms with Gasteiger partial charge in [-0.25, -0.2) is 22.2 Å². The number of halogens is 5. The average molecular weight is 492 g/mol. The van der Waals surface area contributed by atoms with Crippen molar-refractivity contribution in [3.63, 3.8) is 0 Å². The van der Waals surface area contributed by atoms with Gasteiger partial charge in [0.1, 0.15) is 18.3 Å². The van der Waals surface area contributed by atoms with Crippen LogP contribution in [0.5, 0.6) is 0 Å². The summed E-state index contributed by atoms with van der Waals surface area (Å²) in [6, 6.07) is 4.23. The molecule has 33 heavy (non-hydrogen) atoms. The normalized spacial score (nSPS) is 12.1. The summed E-state index contributed by atoms with van der Waals surface area (Å²) in [4.78, 5) is 17.8. The number of anilines is 2. The van der Waals surface area contributed by atoms with Gasteiger partial charge in [-0.3, -0.25) is 9.52 Å². The fourth-order valence-corrected chi connectivity index (χ4v) is 3.33. The van der Waals surface area contributed by atoms with Gasteiger partial charge in [0, 0.05) is 32.3 Å². The Labute approximate surface area is 187 Å². The quantitative estimate of drug-likeness (QED) is 0.435. The lowest BCUT2D eigenvalue weighted by Gasteiger charge is -2.16. The van der Waals surface area contributed by atoms with Gasteiger partial charge in [-0.05, 0) is 35.9 Å². The molecule has 7 nitrogen and oxygen atoms in total. The Morgan fingerprint density at radius 3 is 2.42 bits per heavy atom. The third-order valence-corrected chi connectivity index (χ3v) is 4.72. The number of rotatable bonds is 8. The number of aromatic nitrogens is 1. The van der Waals surface area contributed by atoms with E-state index in [1.165, 1.54) is 16.9 Å². The Morgan fingerprint density at radius 1 is 1.21 bits per heavy atom. The van der Waals surface area contributed by atoms with Crippen LogP contribution < -0.4 is 14.9 Å². The number of amides is 1. The molecule has 0 aliphatic carbocycles. The average Bonchev–Trinajstić information content (AvgIpc) is 2.70. The van der Waals surface area contributed by atoms with E-state index < -0.39 is 52.4 Å². The monoisotopic (exact) mass is 492 g/mol. The van der Waals surface area contributed by atoms with Crippen LogP contribution in [0.15, 0.2) is 30.3 Å². The molecule has 180 valence electrons. The van der Waals surface area contributed by atoms with Crippen LogP contribution in [0.25, 0.3) is 6.08 Å². The second-order valence-corrected chi connectivity index (χ2v) is 8.92. The van der Waals surface area contributed by atoms with Crippen LogP contribution in [0.2, 0.25) is 0 Å². The summed E-state index contributed by atoms with van der Waals surface area (Å²) in [5.41, 5.74) is -2.28. The van der Waals surface area contributed by atoms with Gasteiger partial charge in [-0.2, -0.15) is 13.2 Å². The van der Waals surface area contributed by atoms with Gasteiger partial charge in [-0.1, -0.05) is 0 Å². The van der Waals surface area contributed by atoms with Gasteiger partial charge in [0.2, 0.25) is 15.9 Å². The number of sulfonamides is 1. The summed E-state index contributed by atoms with van der Waals surface area (Å²) in [5, 5.41) is 2.32. The molecule has 0 radical (unpaired) electrons. The Morgan fingerprint density at radius 2 is 1.88 bits per heavy atom. The van der Waals surface area contributed by atoms with E-state index in [2.05, 4.69) is 10.3 Å². The lowest BCUT2D eigenvalue weighted by Crippen LogP contribution is -2.22. The van der Waals surface area contributed by atoms with Crippen molar-refractivity contribution in [3.05, 3.63) is 58.5 Å². The van der Waals surface area contributed by atoms with E-state index in [0.29, 0.717) is 29.8 Å². The molecule has 2 N–H and O–H groups in total. The first-order valence-electron chi connectivity index (χ1n) is 9.27. The zero-order chi connectivity index (χ0) is 25.0. The summed E-state index contributed by atoms with van der Waals surface area (Å²) in [5.74, 6) is -1.73. The van der Waals surface area contributed by atoms with E-state index in [1.807, 2.05) is 0 Å². The Kier molecular flexibility index (Phi) is 8.01. The highest BCUT2D eigenvalue weighted by molar-refractivity contribution is 7.92. The minimum atomic E-state index is -5.05. The SMILES string of the molecule is CN(C)c1nc(CF)ccc1/C=C/C(=O)NCc1cc(F)c(NS(C)(=O)=O)c(C(F)(F)F)c1. The molecular weight excluding hydrogens is 471 g/mol. The molecule has 0 atom stereocenters. The standard InChI is InChI=1S/C20H21F5N4O3S/c1-29(2)19-13(4-6-14(10-21)27-19)5-7-17(30)26-11-12-8-15(20(23,24)25)18(16(22)9-12)28-33(3,31)32/h4-9,28H,10-11H2,1-3H3,(H,26,30)/b7-5+. The Bertz CT molecular complexity index is 1170. The predicted octanol–water partition coefficient (Wildman–Crippen LogP) is 3.48. The molecule has 1 amide bonds. The highest BCUT2D eigenvalue weighted by Crippen LogP contribution is 2.37. The molecule has 0 aliphatic rings. The molecule has 0 fully saturated rings. The molecule has 0 aliphatic heterocycles. The van der Waals surface area contributed by atoms with Crippen molar-refractivity contribution < 1.29 is 35.2 Å². The lowest BCUT2D eigenvalue weighted by atomic mass is 10.1. The minimum absolute atomic E-state index is 0.205. The van der Waals surface area contributed by atoms with Crippen LogP contribution in [0.4, 0.5) is 33.5 Å². The van der Waals surface area contributed by atoms with Crippen LogP contribution in [0.3, 0.4) is 0 Å². The van der Waals surface area contributed by atoms with Gasteiger partial charge >= 0.3 is 6.18 Å². The van der Waals surface area contributed by atoms with Gasteiger partial charge < -0.3 is 10.2 Å². The van der Waals surface area contributed by atoms with Crippen LogP contribution in [-0.2, 0) is 34.2 Å². The van der Waals surface area contributed by atoms with Gasteiger partial charge in [0.15, 0.2) is 0 Å². The summed E-state index contributed by atoms with van der Waals surface area (Å²) in [7, 11) is -0.812. The van der Waals surface area contributed by atoms with Crippen molar-refractivity contribution in [2.45, 2.75) is 19.4 Å². The number of carbonyl (C=O) groups is 1. The van der Waals surface area contributed by atoms with E-state index in [-0.39, 0.29) is 11.3 Å². The number of hydrogen-bond donors (Lipinski definition) is 2. The Balaban J connectivity index is 2.21. The number of nitrogens with zero attached hydrogens (tertiary/aromatic N) is 2. The summed E-state index contributed by atoms with van der Waals surface area (Å²) < 4.78 is 91.1. The largest absolute Gasteiger partial charge is 0.418 e. The highest BCUT2D eigenvalue weighted by Gasteiger charge is 2.36.